The third-order valence-corrected chi connectivity index (χ3v) is 2.89. The zero-order valence-corrected chi connectivity index (χ0v) is 12.5. The first-order valence-electron chi connectivity index (χ1n) is 6.50. The number of hydrogen-bond donors (Lipinski definition) is 2. The van der Waals surface area contributed by atoms with Crippen LogP contribution in [0.15, 0.2) is 48.1 Å². The fourth-order valence-corrected chi connectivity index (χ4v) is 1.72. The van der Waals surface area contributed by atoms with E-state index in [1.165, 1.54) is 0 Å². The van der Waals surface area contributed by atoms with Crippen LogP contribution >= 0.6 is 12.2 Å². The lowest BCUT2D eigenvalue weighted by Gasteiger charge is -2.07. The number of hydrogen-bond acceptors (Lipinski definition) is 5. The van der Waals surface area contributed by atoms with Gasteiger partial charge in [-0.25, -0.2) is 0 Å². The average Bonchev–Trinajstić information content (AvgIpc) is 2.54. The quantitative estimate of drug-likeness (QED) is 0.492. The standard InChI is InChI=1S/C14H16N6S/c1-11(13-10-15-8-9-17-13)19-20-14(21)18-7-5-12-4-2-3-6-16-12/h2-4,6,8-10H,5,7H2,1H3,(H2,18,20,21)/b19-11-. The molecule has 0 unspecified atom stereocenters. The molecule has 7 heteroatoms. The van der Waals surface area contributed by atoms with E-state index in [4.69, 9.17) is 12.2 Å². The summed E-state index contributed by atoms with van der Waals surface area (Å²) >= 11 is 5.15. The summed E-state index contributed by atoms with van der Waals surface area (Å²) in [5, 5.41) is 7.71. The Morgan fingerprint density at radius 2 is 2.14 bits per heavy atom. The molecule has 0 bridgehead atoms. The SMILES string of the molecule is C/C(=N/NC(=S)NCCc1ccccn1)c1cnccn1. The second-order valence-electron chi connectivity index (χ2n) is 4.23. The van der Waals surface area contributed by atoms with Gasteiger partial charge in [0.15, 0.2) is 5.11 Å². The molecule has 0 aliphatic rings. The highest BCUT2D eigenvalue weighted by atomic mass is 32.1. The van der Waals surface area contributed by atoms with E-state index < -0.39 is 0 Å². The van der Waals surface area contributed by atoms with Crippen molar-refractivity contribution in [2.75, 3.05) is 6.54 Å². The molecule has 0 aliphatic carbocycles. The van der Waals surface area contributed by atoms with Crippen LogP contribution in [0.5, 0.6) is 0 Å². The topological polar surface area (TPSA) is 75.1 Å². The van der Waals surface area contributed by atoms with Gasteiger partial charge in [0.25, 0.3) is 0 Å². The van der Waals surface area contributed by atoms with Crippen LogP contribution in [0, 0.1) is 0 Å². The lowest BCUT2D eigenvalue weighted by atomic mass is 10.3. The van der Waals surface area contributed by atoms with Crippen molar-refractivity contribution < 1.29 is 0 Å². The smallest absolute Gasteiger partial charge is 0.186 e. The van der Waals surface area contributed by atoms with E-state index in [-0.39, 0.29) is 0 Å². The molecule has 0 spiro atoms. The van der Waals surface area contributed by atoms with Gasteiger partial charge in [-0.05, 0) is 31.3 Å². The summed E-state index contributed by atoms with van der Waals surface area (Å²) in [6, 6.07) is 5.84. The number of rotatable bonds is 5. The van der Waals surface area contributed by atoms with Crippen LogP contribution in [0.25, 0.3) is 0 Å². The van der Waals surface area contributed by atoms with Gasteiger partial charge < -0.3 is 5.32 Å². The van der Waals surface area contributed by atoms with Crippen LogP contribution in [0.4, 0.5) is 0 Å². The minimum absolute atomic E-state index is 0.467. The first-order valence-corrected chi connectivity index (χ1v) is 6.91. The van der Waals surface area contributed by atoms with Gasteiger partial charge in [0.1, 0.15) is 5.69 Å². The monoisotopic (exact) mass is 300 g/mol. The molecule has 0 amide bonds. The Bertz CT molecular complexity index is 599. The fourth-order valence-electron chi connectivity index (χ4n) is 1.57. The van der Waals surface area contributed by atoms with Crippen molar-refractivity contribution in [1.82, 2.24) is 25.7 Å². The van der Waals surface area contributed by atoms with Crippen molar-refractivity contribution in [2.24, 2.45) is 5.10 Å². The van der Waals surface area contributed by atoms with E-state index in [9.17, 15) is 0 Å². The van der Waals surface area contributed by atoms with Crippen molar-refractivity contribution >= 4 is 23.0 Å². The first kappa shape index (κ1) is 15.0. The van der Waals surface area contributed by atoms with Gasteiger partial charge in [-0.1, -0.05) is 6.07 Å². The van der Waals surface area contributed by atoms with Crippen LogP contribution < -0.4 is 10.7 Å². The second kappa shape index (κ2) is 8.01. The van der Waals surface area contributed by atoms with E-state index >= 15 is 0 Å². The van der Waals surface area contributed by atoms with Crippen LogP contribution in [0.2, 0.25) is 0 Å². The van der Waals surface area contributed by atoms with E-state index in [2.05, 4.69) is 30.8 Å². The number of nitrogens with one attached hydrogen (secondary N) is 2. The van der Waals surface area contributed by atoms with Crippen LogP contribution in [-0.2, 0) is 6.42 Å². The zero-order valence-electron chi connectivity index (χ0n) is 11.7. The van der Waals surface area contributed by atoms with Crippen LogP contribution in [0.1, 0.15) is 18.3 Å². The number of thiocarbonyl (C=S) groups is 1. The molecule has 0 saturated carbocycles. The molecule has 2 aromatic heterocycles. The molecular formula is C14H16N6S. The van der Waals surface area contributed by atoms with Gasteiger partial charge in [-0.3, -0.25) is 20.4 Å². The van der Waals surface area contributed by atoms with Crippen LogP contribution in [-0.4, -0.2) is 32.3 Å². The van der Waals surface area contributed by atoms with E-state index in [1.54, 1.807) is 24.8 Å². The maximum absolute atomic E-state index is 5.15. The Hall–Kier alpha value is -2.41. The third-order valence-electron chi connectivity index (χ3n) is 2.65. The molecule has 2 rings (SSSR count). The van der Waals surface area contributed by atoms with Gasteiger partial charge in [-0.15, -0.1) is 0 Å². The maximum atomic E-state index is 5.15. The minimum atomic E-state index is 0.467. The highest BCUT2D eigenvalue weighted by Gasteiger charge is 1.99. The largest absolute Gasteiger partial charge is 0.361 e. The van der Waals surface area contributed by atoms with Crippen molar-refractivity contribution in [3.63, 3.8) is 0 Å². The zero-order chi connectivity index (χ0) is 14.9. The first-order chi connectivity index (χ1) is 10.3. The Kier molecular flexibility index (Phi) is 5.71. The van der Waals surface area contributed by atoms with Crippen LogP contribution in [0.3, 0.4) is 0 Å². The lowest BCUT2D eigenvalue weighted by molar-refractivity contribution is 0.818. The van der Waals surface area contributed by atoms with Gasteiger partial charge in [0, 0.05) is 37.3 Å². The normalized spacial score (nSPS) is 11.0. The van der Waals surface area contributed by atoms with Crippen molar-refractivity contribution in [2.45, 2.75) is 13.3 Å². The van der Waals surface area contributed by atoms with E-state index in [0.29, 0.717) is 17.4 Å². The predicted molar refractivity (Wildman–Crippen MR) is 85.9 cm³/mol. The van der Waals surface area contributed by atoms with Crippen molar-refractivity contribution in [1.29, 1.82) is 0 Å². The summed E-state index contributed by atoms with van der Waals surface area (Å²) < 4.78 is 0. The maximum Gasteiger partial charge on any atom is 0.186 e. The minimum Gasteiger partial charge on any atom is -0.361 e. The highest BCUT2D eigenvalue weighted by Crippen LogP contribution is 1.94. The molecule has 6 nitrogen and oxygen atoms in total. The summed E-state index contributed by atoms with van der Waals surface area (Å²) in [5.74, 6) is 0. The second-order valence-corrected chi connectivity index (χ2v) is 4.63. The molecule has 2 aromatic rings. The molecule has 0 fully saturated rings. The Labute approximate surface area is 128 Å². The van der Waals surface area contributed by atoms with E-state index in [0.717, 1.165) is 17.8 Å². The molecule has 21 heavy (non-hydrogen) atoms. The Morgan fingerprint density at radius 1 is 1.24 bits per heavy atom. The summed E-state index contributed by atoms with van der Waals surface area (Å²) in [4.78, 5) is 12.4. The molecule has 0 radical (unpaired) electrons. The molecule has 0 saturated heterocycles. The van der Waals surface area contributed by atoms with E-state index in [1.807, 2.05) is 25.1 Å². The van der Waals surface area contributed by atoms with Gasteiger partial charge in [-0.2, -0.15) is 5.10 Å². The van der Waals surface area contributed by atoms with Gasteiger partial charge in [0.2, 0.25) is 0 Å². The third kappa shape index (κ3) is 5.23. The molecule has 2 heterocycles. The molecule has 0 aromatic carbocycles. The molecule has 2 N–H and O–H groups in total. The highest BCUT2D eigenvalue weighted by molar-refractivity contribution is 7.80. The Balaban J connectivity index is 1.75. The van der Waals surface area contributed by atoms with Gasteiger partial charge >= 0.3 is 0 Å². The summed E-state index contributed by atoms with van der Waals surface area (Å²) in [7, 11) is 0. The summed E-state index contributed by atoms with van der Waals surface area (Å²) in [6.07, 6.45) is 7.47. The number of aromatic nitrogens is 3. The van der Waals surface area contributed by atoms with Crippen molar-refractivity contribution in [3.05, 3.63) is 54.4 Å². The molecule has 108 valence electrons. The lowest BCUT2D eigenvalue weighted by Crippen LogP contribution is -2.34. The molecule has 0 atom stereocenters. The predicted octanol–water partition coefficient (Wildman–Crippen LogP) is 1.30. The summed E-state index contributed by atoms with van der Waals surface area (Å²) in [6.45, 7) is 2.54. The summed E-state index contributed by atoms with van der Waals surface area (Å²) in [5.41, 5.74) is 5.24. The van der Waals surface area contributed by atoms with Gasteiger partial charge in [0.05, 0.1) is 11.9 Å². The Morgan fingerprint density at radius 3 is 2.86 bits per heavy atom. The fraction of sp³-hybridized carbons (Fsp3) is 0.214. The van der Waals surface area contributed by atoms with Crippen molar-refractivity contribution in [3.8, 4) is 0 Å². The molecule has 0 aliphatic heterocycles. The average molecular weight is 300 g/mol. The number of nitrogens with zero attached hydrogens (tertiary/aromatic N) is 4. The number of pyridine rings is 1. The molecular weight excluding hydrogens is 284 g/mol. The number of hydrazone groups is 1.